The number of aryl methyl sites for hydroxylation is 1. The van der Waals surface area contributed by atoms with Crippen LogP contribution in [0, 0.1) is 0 Å². The first kappa shape index (κ1) is 28.5. The third kappa shape index (κ3) is 6.83. The van der Waals surface area contributed by atoms with E-state index in [0.29, 0.717) is 42.3 Å². The molecule has 1 aliphatic heterocycles. The molecule has 2 N–H and O–H groups in total. The largest absolute Gasteiger partial charge is 0.416 e. The molecule has 1 fully saturated rings. The number of aromatic nitrogens is 4. The van der Waals surface area contributed by atoms with Crippen LogP contribution in [0.3, 0.4) is 0 Å². The van der Waals surface area contributed by atoms with E-state index in [0.717, 1.165) is 24.7 Å². The number of nitrogens with one attached hydrogen (secondary N) is 2. The first-order chi connectivity index (χ1) is 19.6. The quantitative estimate of drug-likeness (QED) is 0.309. The van der Waals surface area contributed by atoms with Gasteiger partial charge in [-0.15, -0.1) is 0 Å². The van der Waals surface area contributed by atoms with Crippen molar-refractivity contribution in [3.05, 3.63) is 77.1 Å². The molecule has 1 aliphatic rings. The molecule has 2 aromatic carbocycles. The molecule has 41 heavy (non-hydrogen) atoms. The Morgan fingerprint density at radius 3 is 2.61 bits per heavy atom. The lowest BCUT2D eigenvalue weighted by molar-refractivity contribution is -0.138. The molecule has 0 spiro atoms. The predicted molar refractivity (Wildman–Crippen MR) is 152 cm³/mol. The molecule has 5 rings (SSSR count). The summed E-state index contributed by atoms with van der Waals surface area (Å²) < 4.78 is 43.7. The van der Waals surface area contributed by atoms with Crippen LogP contribution in [-0.2, 0) is 19.3 Å². The van der Waals surface area contributed by atoms with Gasteiger partial charge in [-0.05, 0) is 56.3 Å². The minimum Gasteiger partial charge on any atom is -0.362 e. The van der Waals surface area contributed by atoms with Gasteiger partial charge in [0, 0.05) is 50.5 Å². The maximum atomic E-state index is 14.0. The summed E-state index contributed by atoms with van der Waals surface area (Å²) in [5, 5.41) is 10.4. The molecule has 1 saturated heterocycles. The van der Waals surface area contributed by atoms with E-state index in [1.807, 2.05) is 38.1 Å². The second kappa shape index (κ2) is 11.8. The Balaban J connectivity index is 1.28. The standard InChI is InChI=1S/C29H33F3N8O/c1-4-40-18-25-27(37-40)36-26(16-33-25)34-19(2)20-6-5-7-23(14-20)35-28(41)21-8-9-22(24(15-21)29(30,31)32)17-39-12-10-38(3)11-13-39/h5-9,14-16,18-19H,4,10-13,17H2,1-3H3,(H,35,41)(H,34,36,37)/t19-/m0/s1. The van der Waals surface area contributed by atoms with Gasteiger partial charge in [-0.3, -0.25) is 14.4 Å². The SMILES string of the molecule is CCn1cc2ncc(N[C@@H](C)c3cccc(NC(=O)c4ccc(CN5CCN(C)CC5)c(C(F)(F)F)c4)c3)nc2n1. The highest BCUT2D eigenvalue weighted by Crippen LogP contribution is 2.34. The number of likely N-dealkylation sites (N-methyl/N-ethyl adjacent to an activating group) is 1. The highest BCUT2D eigenvalue weighted by atomic mass is 19.4. The summed E-state index contributed by atoms with van der Waals surface area (Å²) >= 11 is 0. The molecule has 0 saturated carbocycles. The number of carbonyl (C=O) groups is 1. The van der Waals surface area contributed by atoms with Gasteiger partial charge in [-0.1, -0.05) is 18.2 Å². The summed E-state index contributed by atoms with van der Waals surface area (Å²) in [4.78, 5) is 26.1. The molecule has 4 aromatic rings. The summed E-state index contributed by atoms with van der Waals surface area (Å²) in [5.74, 6) is -0.0561. The summed E-state index contributed by atoms with van der Waals surface area (Å²) in [7, 11) is 2.00. The Bertz CT molecular complexity index is 1530. The van der Waals surface area contributed by atoms with Crippen molar-refractivity contribution in [3.8, 4) is 0 Å². The molecular formula is C29H33F3N8O. The molecule has 0 aliphatic carbocycles. The van der Waals surface area contributed by atoms with Crippen LogP contribution in [0.25, 0.3) is 11.2 Å². The van der Waals surface area contributed by atoms with Crippen molar-refractivity contribution in [2.24, 2.45) is 0 Å². The van der Waals surface area contributed by atoms with E-state index < -0.39 is 17.6 Å². The summed E-state index contributed by atoms with van der Waals surface area (Å²) in [6.07, 6.45) is -1.10. The third-order valence-corrected chi connectivity index (χ3v) is 7.28. The topological polar surface area (TPSA) is 91.2 Å². The fourth-order valence-corrected chi connectivity index (χ4v) is 4.84. The maximum absolute atomic E-state index is 14.0. The molecule has 9 nitrogen and oxygen atoms in total. The molecule has 1 atom stereocenters. The van der Waals surface area contributed by atoms with Crippen LogP contribution >= 0.6 is 0 Å². The number of benzene rings is 2. The van der Waals surface area contributed by atoms with Crippen molar-refractivity contribution in [3.63, 3.8) is 0 Å². The molecule has 12 heteroatoms. The zero-order valence-corrected chi connectivity index (χ0v) is 23.2. The van der Waals surface area contributed by atoms with Crippen LogP contribution in [0.15, 0.2) is 54.9 Å². The van der Waals surface area contributed by atoms with Gasteiger partial charge in [0.15, 0.2) is 0 Å². The molecule has 0 radical (unpaired) electrons. The second-order valence-electron chi connectivity index (χ2n) is 10.3. The van der Waals surface area contributed by atoms with E-state index >= 15 is 0 Å². The van der Waals surface area contributed by atoms with Gasteiger partial charge in [-0.25, -0.2) is 9.97 Å². The van der Waals surface area contributed by atoms with Crippen LogP contribution < -0.4 is 10.6 Å². The fourth-order valence-electron chi connectivity index (χ4n) is 4.84. The summed E-state index contributed by atoms with van der Waals surface area (Å²) in [6.45, 7) is 7.84. The monoisotopic (exact) mass is 566 g/mol. The number of hydrogen-bond donors (Lipinski definition) is 2. The third-order valence-electron chi connectivity index (χ3n) is 7.28. The first-order valence-electron chi connectivity index (χ1n) is 13.6. The lowest BCUT2D eigenvalue weighted by Crippen LogP contribution is -2.44. The van der Waals surface area contributed by atoms with Crippen LogP contribution in [0.4, 0.5) is 24.7 Å². The van der Waals surface area contributed by atoms with Gasteiger partial charge in [0.2, 0.25) is 5.65 Å². The highest BCUT2D eigenvalue weighted by Gasteiger charge is 2.34. The molecule has 216 valence electrons. The van der Waals surface area contributed by atoms with Gasteiger partial charge < -0.3 is 15.5 Å². The molecule has 2 aromatic heterocycles. The smallest absolute Gasteiger partial charge is 0.362 e. The van der Waals surface area contributed by atoms with Crippen molar-refractivity contribution >= 4 is 28.6 Å². The summed E-state index contributed by atoms with van der Waals surface area (Å²) in [6, 6.07) is 10.8. The number of fused-ring (bicyclic) bond motifs is 1. The van der Waals surface area contributed by atoms with Gasteiger partial charge >= 0.3 is 6.18 Å². The van der Waals surface area contributed by atoms with Gasteiger partial charge in [-0.2, -0.15) is 18.3 Å². The van der Waals surface area contributed by atoms with Crippen molar-refractivity contribution in [1.82, 2.24) is 29.5 Å². The van der Waals surface area contributed by atoms with Crippen molar-refractivity contribution in [2.75, 3.05) is 43.9 Å². The van der Waals surface area contributed by atoms with Crippen molar-refractivity contribution in [2.45, 2.75) is 39.2 Å². The Hall–Kier alpha value is -4.03. The number of nitrogens with zero attached hydrogens (tertiary/aromatic N) is 6. The zero-order valence-electron chi connectivity index (χ0n) is 23.2. The van der Waals surface area contributed by atoms with Gasteiger partial charge in [0.1, 0.15) is 11.3 Å². The number of carbonyl (C=O) groups excluding carboxylic acids is 1. The average Bonchev–Trinajstić information content (AvgIpc) is 3.37. The van der Waals surface area contributed by atoms with E-state index in [-0.39, 0.29) is 23.7 Å². The van der Waals surface area contributed by atoms with Crippen LogP contribution in [0.5, 0.6) is 0 Å². The lowest BCUT2D eigenvalue weighted by atomic mass is 10.0. The molecule has 0 bridgehead atoms. The minimum atomic E-state index is -4.57. The maximum Gasteiger partial charge on any atom is 0.416 e. The van der Waals surface area contributed by atoms with Crippen LogP contribution in [-0.4, -0.2) is 68.7 Å². The molecule has 0 unspecified atom stereocenters. The fraction of sp³-hybridized carbons (Fsp3) is 0.379. The average molecular weight is 567 g/mol. The Labute approximate surface area is 236 Å². The Kier molecular flexibility index (Phi) is 8.22. The number of amides is 1. The number of anilines is 2. The van der Waals surface area contributed by atoms with E-state index in [4.69, 9.17) is 0 Å². The molecule has 3 heterocycles. The number of alkyl halides is 3. The van der Waals surface area contributed by atoms with Crippen LogP contribution in [0.2, 0.25) is 0 Å². The van der Waals surface area contributed by atoms with E-state index in [1.54, 1.807) is 29.1 Å². The number of hydrogen-bond acceptors (Lipinski definition) is 7. The Morgan fingerprint density at radius 1 is 1.10 bits per heavy atom. The van der Waals surface area contributed by atoms with Crippen LogP contribution in [0.1, 0.15) is 46.9 Å². The second-order valence-corrected chi connectivity index (χ2v) is 10.3. The number of piperazine rings is 1. The summed E-state index contributed by atoms with van der Waals surface area (Å²) in [5.41, 5.74) is 1.90. The Morgan fingerprint density at radius 2 is 1.88 bits per heavy atom. The molecule has 1 amide bonds. The van der Waals surface area contributed by atoms with E-state index in [9.17, 15) is 18.0 Å². The van der Waals surface area contributed by atoms with Gasteiger partial charge in [0.05, 0.1) is 24.0 Å². The minimum absolute atomic E-state index is 0.0499. The van der Waals surface area contributed by atoms with Crippen molar-refractivity contribution < 1.29 is 18.0 Å². The van der Waals surface area contributed by atoms with Crippen molar-refractivity contribution in [1.29, 1.82) is 0 Å². The lowest BCUT2D eigenvalue weighted by Gasteiger charge is -2.33. The van der Waals surface area contributed by atoms with Gasteiger partial charge in [0.25, 0.3) is 5.91 Å². The number of rotatable bonds is 8. The normalized spacial score (nSPS) is 15.7. The molecular weight excluding hydrogens is 533 g/mol. The number of halogens is 3. The predicted octanol–water partition coefficient (Wildman–Crippen LogP) is 5.04. The highest BCUT2D eigenvalue weighted by molar-refractivity contribution is 6.04. The van der Waals surface area contributed by atoms with E-state index in [1.165, 1.54) is 12.1 Å². The van der Waals surface area contributed by atoms with E-state index in [2.05, 4.69) is 30.6 Å². The zero-order chi connectivity index (χ0) is 29.1. The first-order valence-corrected chi connectivity index (χ1v) is 13.6.